The molecule has 112 valence electrons. The predicted octanol–water partition coefficient (Wildman–Crippen LogP) is 3.86. The van der Waals surface area contributed by atoms with E-state index in [0.29, 0.717) is 11.1 Å². The van der Waals surface area contributed by atoms with E-state index in [0.717, 1.165) is 5.56 Å². The lowest BCUT2D eigenvalue weighted by molar-refractivity contribution is 0.0362. The van der Waals surface area contributed by atoms with Gasteiger partial charge in [0.1, 0.15) is 6.04 Å². The van der Waals surface area contributed by atoms with Crippen molar-refractivity contribution in [3.63, 3.8) is 0 Å². The van der Waals surface area contributed by atoms with Gasteiger partial charge >= 0.3 is 0 Å². The van der Waals surface area contributed by atoms with E-state index in [4.69, 9.17) is 0 Å². The molecule has 3 heteroatoms. The highest BCUT2D eigenvalue weighted by molar-refractivity contribution is 6.15. The molecule has 1 unspecified atom stereocenters. The van der Waals surface area contributed by atoms with Crippen molar-refractivity contribution in [2.24, 2.45) is 0 Å². The molecule has 2 aromatic rings. The number of rotatable bonds is 1. The molecular formula is C19H19NO2. The molecule has 0 aliphatic carbocycles. The summed E-state index contributed by atoms with van der Waals surface area (Å²) < 4.78 is 0. The molecule has 0 aromatic heterocycles. The summed E-state index contributed by atoms with van der Waals surface area (Å²) in [6.45, 7) is 5.88. The van der Waals surface area contributed by atoms with E-state index in [1.54, 1.807) is 29.2 Å². The second-order valence-electron chi connectivity index (χ2n) is 6.57. The van der Waals surface area contributed by atoms with E-state index in [1.807, 2.05) is 51.1 Å². The van der Waals surface area contributed by atoms with Crippen LogP contribution in [0.15, 0.2) is 54.6 Å². The Morgan fingerprint density at radius 1 is 0.818 bits per heavy atom. The molecule has 0 N–H and O–H groups in total. The van der Waals surface area contributed by atoms with Crippen molar-refractivity contribution in [2.75, 3.05) is 0 Å². The summed E-state index contributed by atoms with van der Waals surface area (Å²) in [7, 11) is 0. The summed E-state index contributed by atoms with van der Waals surface area (Å²) in [5, 5.41) is 0. The molecular weight excluding hydrogens is 274 g/mol. The predicted molar refractivity (Wildman–Crippen MR) is 85.9 cm³/mol. The second kappa shape index (κ2) is 5.09. The standard InChI is InChI=1S/C19H19NO2/c1-19(2,3)20-16(13-9-5-4-6-10-13)17(21)14-11-7-8-12-15(14)18(20)22/h4-12,16H,1-3H3. The molecule has 1 aliphatic heterocycles. The average Bonchev–Trinajstić information content (AvgIpc) is 2.50. The fraction of sp³-hybridized carbons (Fsp3) is 0.263. The number of nitrogens with zero attached hydrogens (tertiary/aromatic N) is 1. The highest BCUT2D eigenvalue weighted by Crippen LogP contribution is 2.37. The fourth-order valence-corrected chi connectivity index (χ4v) is 3.02. The summed E-state index contributed by atoms with van der Waals surface area (Å²) in [5.74, 6) is -0.104. The smallest absolute Gasteiger partial charge is 0.255 e. The maximum Gasteiger partial charge on any atom is 0.255 e. The minimum Gasteiger partial charge on any atom is -0.319 e. The lowest BCUT2D eigenvalue weighted by Gasteiger charge is -2.44. The van der Waals surface area contributed by atoms with Crippen LogP contribution in [0.3, 0.4) is 0 Å². The molecule has 0 saturated heterocycles. The SMILES string of the molecule is CC(C)(C)N1C(=O)c2ccccc2C(=O)C1c1ccccc1. The van der Waals surface area contributed by atoms with Crippen LogP contribution in [0.25, 0.3) is 0 Å². The van der Waals surface area contributed by atoms with Gasteiger partial charge in [0.15, 0.2) is 5.78 Å². The van der Waals surface area contributed by atoms with Gasteiger partial charge in [-0.3, -0.25) is 9.59 Å². The molecule has 0 fully saturated rings. The Morgan fingerprint density at radius 3 is 1.95 bits per heavy atom. The quantitative estimate of drug-likeness (QED) is 0.800. The normalized spacial score (nSPS) is 18.3. The van der Waals surface area contributed by atoms with Crippen LogP contribution in [0.5, 0.6) is 0 Å². The summed E-state index contributed by atoms with van der Waals surface area (Å²) in [4.78, 5) is 27.7. The number of amides is 1. The zero-order chi connectivity index (χ0) is 15.9. The van der Waals surface area contributed by atoms with E-state index in [-0.39, 0.29) is 11.7 Å². The molecule has 0 saturated carbocycles. The maximum atomic E-state index is 13.0. The van der Waals surface area contributed by atoms with Crippen LogP contribution >= 0.6 is 0 Å². The van der Waals surface area contributed by atoms with Gasteiger partial charge in [0, 0.05) is 11.1 Å². The van der Waals surface area contributed by atoms with Crippen molar-refractivity contribution in [1.82, 2.24) is 4.90 Å². The van der Waals surface area contributed by atoms with E-state index in [1.165, 1.54) is 0 Å². The largest absolute Gasteiger partial charge is 0.319 e. The Labute approximate surface area is 130 Å². The number of carbonyl (C=O) groups excluding carboxylic acids is 2. The Balaban J connectivity index is 2.22. The number of carbonyl (C=O) groups is 2. The molecule has 3 nitrogen and oxygen atoms in total. The van der Waals surface area contributed by atoms with Gasteiger partial charge < -0.3 is 4.90 Å². The Bertz CT molecular complexity index is 729. The molecule has 1 atom stereocenters. The molecule has 1 heterocycles. The van der Waals surface area contributed by atoms with Crippen LogP contribution in [0.4, 0.5) is 0 Å². The molecule has 2 aromatic carbocycles. The van der Waals surface area contributed by atoms with E-state index >= 15 is 0 Å². The lowest BCUT2D eigenvalue weighted by Crippen LogP contribution is -2.53. The summed E-state index contributed by atoms with van der Waals surface area (Å²) >= 11 is 0. The third-order valence-corrected chi connectivity index (χ3v) is 3.99. The summed E-state index contributed by atoms with van der Waals surface area (Å²) in [6, 6.07) is 16.0. The number of fused-ring (bicyclic) bond motifs is 1. The van der Waals surface area contributed by atoms with Gasteiger partial charge in [-0.25, -0.2) is 0 Å². The van der Waals surface area contributed by atoms with Gasteiger partial charge in [-0.05, 0) is 32.4 Å². The molecule has 0 spiro atoms. The van der Waals surface area contributed by atoms with E-state index in [2.05, 4.69) is 0 Å². The summed E-state index contributed by atoms with van der Waals surface area (Å²) in [5.41, 5.74) is 1.42. The van der Waals surface area contributed by atoms with Crippen LogP contribution in [-0.2, 0) is 0 Å². The maximum absolute atomic E-state index is 13.0. The van der Waals surface area contributed by atoms with Crippen molar-refractivity contribution in [3.05, 3.63) is 71.3 Å². The first-order chi connectivity index (χ1) is 10.4. The van der Waals surface area contributed by atoms with Gasteiger partial charge in [-0.2, -0.15) is 0 Å². The molecule has 0 radical (unpaired) electrons. The van der Waals surface area contributed by atoms with Crippen LogP contribution < -0.4 is 0 Å². The van der Waals surface area contributed by atoms with Gasteiger partial charge in [0.05, 0.1) is 5.56 Å². The van der Waals surface area contributed by atoms with E-state index in [9.17, 15) is 9.59 Å². The third kappa shape index (κ3) is 2.23. The van der Waals surface area contributed by atoms with Crippen molar-refractivity contribution < 1.29 is 9.59 Å². The Kier molecular flexibility index (Phi) is 3.36. The monoisotopic (exact) mass is 293 g/mol. The van der Waals surface area contributed by atoms with Crippen molar-refractivity contribution in [3.8, 4) is 0 Å². The van der Waals surface area contributed by atoms with Crippen molar-refractivity contribution >= 4 is 11.7 Å². The highest BCUT2D eigenvalue weighted by atomic mass is 16.2. The van der Waals surface area contributed by atoms with Crippen molar-refractivity contribution in [2.45, 2.75) is 32.4 Å². The zero-order valence-corrected chi connectivity index (χ0v) is 13.0. The Morgan fingerprint density at radius 2 is 1.36 bits per heavy atom. The summed E-state index contributed by atoms with van der Waals surface area (Å²) in [6.07, 6.45) is 0. The zero-order valence-electron chi connectivity index (χ0n) is 13.0. The molecule has 3 rings (SSSR count). The Hall–Kier alpha value is -2.42. The molecule has 22 heavy (non-hydrogen) atoms. The number of Topliss-reactive ketones (excluding diaryl/α,β-unsaturated/α-hetero) is 1. The lowest BCUT2D eigenvalue weighted by atomic mass is 9.85. The first-order valence-electron chi connectivity index (χ1n) is 7.43. The minimum absolute atomic E-state index is 0.0173. The van der Waals surface area contributed by atoms with E-state index < -0.39 is 11.6 Å². The fourth-order valence-electron chi connectivity index (χ4n) is 3.02. The van der Waals surface area contributed by atoms with Crippen LogP contribution in [0, 0.1) is 0 Å². The molecule has 0 bridgehead atoms. The number of ketones is 1. The van der Waals surface area contributed by atoms with Crippen LogP contribution in [0.1, 0.15) is 53.1 Å². The molecule has 1 aliphatic rings. The number of benzene rings is 2. The van der Waals surface area contributed by atoms with Gasteiger partial charge in [0.25, 0.3) is 5.91 Å². The average molecular weight is 293 g/mol. The second-order valence-corrected chi connectivity index (χ2v) is 6.57. The third-order valence-electron chi connectivity index (χ3n) is 3.99. The van der Waals surface area contributed by atoms with Gasteiger partial charge in [-0.1, -0.05) is 48.5 Å². The van der Waals surface area contributed by atoms with Gasteiger partial charge in [-0.15, -0.1) is 0 Å². The van der Waals surface area contributed by atoms with Gasteiger partial charge in [0.2, 0.25) is 0 Å². The highest BCUT2D eigenvalue weighted by Gasteiger charge is 2.44. The first-order valence-corrected chi connectivity index (χ1v) is 7.43. The molecule has 1 amide bonds. The topological polar surface area (TPSA) is 37.4 Å². The number of hydrogen-bond acceptors (Lipinski definition) is 2. The first kappa shape index (κ1) is 14.5. The van der Waals surface area contributed by atoms with Crippen LogP contribution in [-0.4, -0.2) is 22.1 Å². The van der Waals surface area contributed by atoms with Crippen molar-refractivity contribution in [1.29, 1.82) is 0 Å². The minimum atomic E-state index is -0.566. The van der Waals surface area contributed by atoms with Crippen LogP contribution in [0.2, 0.25) is 0 Å². The number of hydrogen-bond donors (Lipinski definition) is 0.